The highest BCUT2D eigenvalue weighted by atomic mass is 19.4. The van der Waals surface area contributed by atoms with Crippen molar-refractivity contribution in [2.75, 3.05) is 26.2 Å². The van der Waals surface area contributed by atoms with Gasteiger partial charge in [0.1, 0.15) is 5.54 Å². The predicted octanol–water partition coefficient (Wildman–Crippen LogP) is 4.77. The lowest BCUT2D eigenvalue weighted by Crippen LogP contribution is -2.56. The molecule has 2 fully saturated rings. The molecule has 3 aliphatic rings. The molecular weight excluding hydrogens is 431 g/mol. The highest BCUT2D eigenvalue weighted by Crippen LogP contribution is 2.47. The first-order valence-electron chi connectivity index (χ1n) is 12.1. The van der Waals surface area contributed by atoms with Gasteiger partial charge in [0.25, 0.3) is 0 Å². The smallest absolute Gasteiger partial charge is 0.416 e. The molecule has 0 amide bonds. The number of alkyl halides is 3. The van der Waals surface area contributed by atoms with E-state index in [2.05, 4.69) is 22.1 Å². The van der Waals surface area contributed by atoms with Gasteiger partial charge in [0.15, 0.2) is 0 Å². The maximum atomic E-state index is 13.3. The summed E-state index contributed by atoms with van der Waals surface area (Å²) >= 11 is 0. The van der Waals surface area contributed by atoms with E-state index in [4.69, 9.17) is 0 Å². The maximum Gasteiger partial charge on any atom is 0.416 e. The normalized spacial score (nSPS) is 30.7. The Labute approximate surface area is 191 Å². The van der Waals surface area contributed by atoms with Crippen molar-refractivity contribution in [3.63, 3.8) is 0 Å². The molecule has 0 bridgehead atoms. The first-order valence-corrected chi connectivity index (χ1v) is 12.1. The van der Waals surface area contributed by atoms with Crippen LogP contribution in [-0.4, -0.2) is 52.7 Å². The molecule has 1 aromatic heterocycles. The number of piperidine rings is 2. The number of hydrogen-bond donors (Lipinski definition) is 3. The van der Waals surface area contributed by atoms with Crippen LogP contribution in [0.3, 0.4) is 0 Å². The highest BCUT2D eigenvalue weighted by molar-refractivity contribution is 5.86. The van der Waals surface area contributed by atoms with E-state index in [-0.39, 0.29) is 5.92 Å². The van der Waals surface area contributed by atoms with Crippen LogP contribution in [-0.2, 0) is 17.4 Å². The molecule has 0 spiro atoms. The number of halogens is 3. The molecule has 1 aromatic carbocycles. The zero-order valence-electron chi connectivity index (χ0n) is 19.0. The molecule has 5 rings (SSSR count). The van der Waals surface area contributed by atoms with Gasteiger partial charge in [-0.25, -0.2) is 0 Å². The summed E-state index contributed by atoms with van der Waals surface area (Å²) in [5, 5.41) is 13.8. The standard InChI is InChI=1S/C25H32F3N3O2/c1-15-19-14-31(11-8-24(23(32)33)7-2-3-9-29-24)10-6-16(19)12-21-22(15)18-13-17(25(26,27)28)4-5-20(18)30-21/h4-5,13,15-16,19,29-30H,2-3,6-12,14H2,1H3,(H,32,33)/t15-,16?,19-,24?/m1/s1. The number of benzene rings is 1. The van der Waals surface area contributed by atoms with Gasteiger partial charge in [-0.15, -0.1) is 0 Å². The fourth-order valence-electron chi connectivity index (χ4n) is 6.55. The number of hydrogen-bond acceptors (Lipinski definition) is 3. The van der Waals surface area contributed by atoms with Crippen LogP contribution in [0.15, 0.2) is 18.2 Å². The molecule has 4 atom stereocenters. The van der Waals surface area contributed by atoms with Crippen molar-refractivity contribution in [3.05, 3.63) is 35.0 Å². The van der Waals surface area contributed by atoms with E-state index >= 15 is 0 Å². The van der Waals surface area contributed by atoms with Crippen LogP contribution in [0.5, 0.6) is 0 Å². The zero-order chi connectivity index (χ0) is 23.4. The van der Waals surface area contributed by atoms with Gasteiger partial charge in [-0.1, -0.05) is 6.92 Å². The Kier molecular flexibility index (Phi) is 5.72. The largest absolute Gasteiger partial charge is 0.480 e. The number of carboxylic acids is 1. The van der Waals surface area contributed by atoms with Crippen molar-refractivity contribution < 1.29 is 23.1 Å². The fourth-order valence-corrected chi connectivity index (χ4v) is 6.55. The van der Waals surface area contributed by atoms with Crippen LogP contribution in [0, 0.1) is 11.8 Å². The summed E-state index contributed by atoms with van der Waals surface area (Å²) in [5.74, 6) is 0.257. The number of carboxylic acid groups (broad SMARTS) is 1. The van der Waals surface area contributed by atoms with Crippen molar-refractivity contribution in [3.8, 4) is 0 Å². The summed E-state index contributed by atoms with van der Waals surface area (Å²) in [6, 6.07) is 4.01. The van der Waals surface area contributed by atoms with Crippen LogP contribution in [0.1, 0.15) is 61.8 Å². The van der Waals surface area contributed by atoms with Crippen molar-refractivity contribution in [2.45, 2.75) is 63.1 Å². The molecular formula is C25H32F3N3O2. The van der Waals surface area contributed by atoms with E-state index in [1.807, 2.05) is 0 Å². The zero-order valence-corrected chi connectivity index (χ0v) is 19.0. The molecule has 2 aromatic rings. The van der Waals surface area contributed by atoms with Crippen LogP contribution in [0.2, 0.25) is 0 Å². The number of rotatable bonds is 4. The first kappa shape index (κ1) is 22.7. The molecule has 3 heterocycles. The summed E-state index contributed by atoms with van der Waals surface area (Å²) < 4.78 is 40.0. The van der Waals surface area contributed by atoms with Crippen molar-refractivity contribution in [1.29, 1.82) is 0 Å². The monoisotopic (exact) mass is 463 g/mol. The Morgan fingerprint density at radius 2 is 2.12 bits per heavy atom. The average molecular weight is 464 g/mol. The van der Waals surface area contributed by atoms with Crippen molar-refractivity contribution in [2.24, 2.45) is 11.8 Å². The minimum atomic E-state index is -4.35. The number of nitrogens with one attached hydrogen (secondary N) is 2. The summed E-state index contributed by atoms with van der Waals surface area (Å²) in [6.07, 6.45) is 0.751. The number of aromatic nitrogens is 1. The Balaban J connectivity index is 1.35. The molecule has 8 heteroatoms. The summed E-state index contributed by atoms with van der Waals surface area (Å²) in [4.78, 5) is 17.8. The lowest BCUT2D eigenvalue weighted by atomic mass is 9.68. The lowest BCUT2D eigenvalue weighted by molar-refractivity contribution is -0.146. The molecule has 2 saturated heterocycles. The lowest BCUT2D eigenvalue weighted by Gasteiger charge is -2.45. The summed E-state index contributed by atoms with van der Waals surface area (Å²) in [7, 11) is 0. The molecule has 0 radical (unpaired) electrons. The van der Waals surface area contributed by atoms with E-state index < -0.39 is 23.2 Å². The molecule has 0 saturated carbocycles. The van der Waals surface area contributed by atoms with Gasteiger partial charge in [0, 0.05) is 29.7 Å². The quantitative estimate of drug-likeness (QED) is 0.611. The molecule has 33 heavy (non-hydrogen) atoms. The minimum Gasteiger partial charge on any atom is -0.480 e. The molecule has 2 unspecified atom stereocenters. The number of H-pyrrole nitrogens is 1. The number of fused-ring (bicyclic) bond motifs is 4. The number of aliphatic carboxylic acids is 1. The molecule has 2 aliphatic heterocycles. The Bertz CT molecular complexity index is 1040. The molecule has 180 valence electrons. The second-order valence-electron chi connectivity index (χ2n) is 10.3. The van der Waals surface area contributed by atoms with Gasteiger partial charge in [-0.3, -0.25) is 4.79 Å². The second-order valence-corrected chi connectivity index (χ2v) is 10.3. The Hall–Kier alpha value is -2.06. The van der Waals surface area contributed by atoms with Crippen LogP contribution < -0.4 is 5.32 Å². The van der Waals surface area contributed by atoms with Crippen LogP contribution >= 0.6 is 0 Å². The van der Waals surface area contributed by atoms with E-state index in [9.17, 15) is 23.1 Å². The fraction of sp³-hybridized carbons (Fsp3) is 0.640. The first-order chi connectivity index (χ1) is 15.7. The summed E-state index contributed by atoms with van der Waals surface area (Å²) in [5.41, 5.74) is 1.47. The van der Waals surface area contributed by atoms with Gasteiger partial charge in [-0.2, -0.15) is 13.2 Å². The minimum absolute atomic E-state index is 0.153. The third-order valence-corrected chi connectivity index (χ3v) is 8.46. The van der Waals surface area contributed by atoms with Gasteiger partial charge < -0.3 is 20.3 Å². The number of nitrogens with zero attached hydrogens (tertiary/aromatic N) is 1. The average Bonchev–Trinajstić information content (AvgIpc) is 3.15. The molecule has 3 N–H and O–H groups in total. The van der Waals surface area contributed by atoms with Gasteiger partial charge in [0.05, 0.1) is 5.56 Å². The van der Waals surface area contributed by atoms with Crippen molar-refractivity contribution >= 4 is 16.9 Å². The third kappa shape index (κ3) is 4.05. The topological polar surface area (TPSA) is 68.4 Å². The van der Waals surface area contributed by atoms with Gasteiger partial charge >= 0.3 is 12.1 Å². The Morgan fingerprint density at radius 3 is 2.82 bits per heavy atom. The van der Waals surface area contributed by atoms with Gasteiger partial charge in [-0.05, 0) is 93.1 Å². The van der Waals surface area contributed by atoms with Crippen LogP contribution in [0.25, 0.3) is 10.9 Å². The van der Waals surface area contributed by atoms with E-state index in [0.717, 1.165) is 74.7 Å². The number of likely N-dealkylation sites (tertiary alicyclic amines) is 1. The number of aromatic amines is 1. The van der Waals surface area contributed by atoms with E-state index in [0.29, 0.717) is 30.1 Å². The van der Waals surface area contributed by atoms with E-state index in [1.54, 1.807) is 6.07 Å². The maximum absolute atomic E-state index is 13.3. The second kappa shape index (κ2) is 8.31. The highest BCUT2D eigenvalue weighted by Gasteiger charge is 2.43. The van der Waals surface area contributed by atoms with E-state index in [1.165, 1.54) is 6.07 Å². The molecule has 1 aliphatic carbocycles. The van der Waals surface area contributed by atoms with Crippen molar-refractivity contribution in [1.82, 2.24) is 15.2 Å². The summed E-state index contributed by atoms with van der Waals surface area (Å²) in [6.45, 7) is 5.43. The third-order valence-electron chi connectivity index (χ3n) is 8.46. The SMILES string of the molecule is C[C@H]1c2c([nH]c3ccc(C(F)(F)F)cc23)CC2CCN(CCC3(C(=O)O)CCCCN3)C[C@@H]21. The van der Waals surface area contributed by atoms with Crippen LogP contribution in [0.4, 0.5) is 13.2 Å². The Morgan fingerprint density at radius 1 is 1.30 bits per heavy atom. The molecule has 5 nitrogen and oxygen atoms in total. The number of carbonyl (C=O) groups is 1. The predicted molar refractivity (Wildman–Crippen MR) is 120 cm³/mol. The van der Waals surface area contributed by atoms with Gasteiger partial charge in [0.2, 0.25) is 0 Å².